The van der Waals surface area contributed by atoms with Crippen LogP contribution in [0.1, 0.15) is 5.56 Å². The van der Waals surface area contributed by atoms with Crippen molar-refractivity contribution in [1.29, 1.82) is 0 Å². The molecule has 0 bridgehead atoms. The monoisotopic (exact) mass is 345 g/mol. The lowest BCUT2D eigenvalue weighted by atomic mass is 10.0. The molecular formula is C14H11BrF3NO. The van der Waals surface area contributed by atoms with Crippen molar-refractivity contribution in [2.24, 2.45) is 5.73 Å². The number of benzene rings is 2. The van der Waals surface area contributed by atoms with Gasteiger partial charge in [0.25, 0.3) is 0 Å². The van der Waals surface area contributed by atoms with E-state index in [2.05, 4.69) is 20.7 Å². The standard InChI is InChI=1S/C14H11BrF3NO/c15-12-5-9(8-19)4-11(6-12)10-2-1-3-13(7-10)20-14(16,17)18/h1-7H,8,19H2. The first kappa shape index (κ1) is 14.9. The molecule has 2 rings (SSSR count). The molecule has 0 saturated carbocycles. The first-order valence-electron chi connectivity index (χ1n) is 5.73. The molecule has 2 N–H and O–H groups in total. The van der Waals surface area contributed by atoms with Gasteiger partial charge < -0.3 is 10.5 Å². The van der Waals surface area contributed by atoms with Crippen LogP contribution >= 0.6 is 15.9 Å². The zero-order chi connectivity index (χ0) is 14.8. The molecule has 0 fully saturated rings. The fourth-order valence-electron chi connectivity index (χ4n) is 1.81. The second-order valence-electron chi connectivity index (χ2n) is 4.13. The van der Waals surface area contributed by atoms with Crippen molar-refractivity contribution in [1.82, 2.24) is 0 Å². The van der Waals surface area contributed by atoms with E-state index in [4.69, 9.17) is 5.73 Å². The Kier molecular flexibility index (Phi) is 4.35. The highest BCUT2D eigenvalue weighted by atomic mass is 79.9. The van der Waals surface area contributed by atoms with Crippen molar-refractivity contribution in [2.45, 2.75) is 12.9 Å². The number of halogens is 4. The van der Waals surface area contributed by atoms with Crippen LogP contribution in [0.3, 0.4) is 0 Å². The Bertz CT molecular complexity index is 614. The van der Waals surface area contributed by atoms with Gasteiger partial charge >= 0.3 is 6.36 Å². The fraction of sp³-hybridized carbons (Fsp3) is 0.143. The van der Waals surface area contributed by atoms with E-state index >= 15 is 0 Å². The topological polar surface area (TPSA) is 35.2 Å². The van der Waals surface area contributed by atoms with E-state index in [0.717, 1.165) is 15.6 Å². The molecule has 106 valence electrons. The minimum Gasteiger partial charge on any atom is -0.406 e. The van der Waals surface area contributed by atoms with Crippen molar-refractivity contribution < 1.29 is 17.9 Å². The molecule has 6 heteroatoms. The highest BCUT2D eigenvalue weighted by Crippen LogP contribution is 2.30. The number of hydrogen-bond acceptors (Lipinski definition) is 2. The summed E-state index contributed by atoms with van der Waals surface area (Å²) in [5.74, 6) is -0.246. The summed E-state index contributed by atoms with van der Waals surface area (Å²) in [7, 11) is 0. The predicted octanol–water partition coefficient (Wildman–Crippen LogP) is 4.47. The smallest absolute Gasteiger partial charge is 0.406 e. The lowest BCUT2D eigenvalue weighted by Gasteiger charge is -2.11. The molecule has 0 saturated heterocycles. The molecule has 0 aromatic heterocycles. The molecule has 20 heavy (non-hydrogen) atoms. The third-order valence-electron chi connectivity index (χ3n) is 2.59. The third-order valence-corrected chi connectivity index (χ3v) is 3.05. The molecule has 0 unspecified atom stereocenters. The Labute approximate surface area is 122 Å². The van der Waals surface area contributed by atoms with E-state index in [0.29, 0.717) is 12.1 Å². The van der Waals surface area contributed by atoms with Crippen LogP contribution in [0.2, 0.25) is 0 Å². The second kappa shape index (κ2) is 5.85. The lowest BCUT2D eigenvalue weighted by molar-refractivity contribution is -0.274. The molecule has 0 aliphatic heterocycles. The molecular weight excluding hydrogens is 335 g/mol. The number of rotatable bonds is 3. The average molecular weight is 346 g/mol. The van der Waals surface area contributed by atoms with Crippen molar-refractivity contribution >= 4 is 15.9 Å². The maximum Gasteiger partial charge on any atom is 0.573 e. The van der Waals surface area contributed by atoms with Crippen molar-refractivity contribution in [3.05, 3.63) is 52.5 Å². The summed E-state index contributed by atoms with van der Waals surface area (Å²) in [5, 5.41) is 0. The van der Waals surface area contributed by atoms with E-state index in [-0.39, 0.29) is 5.75 Å². The first-order valence-corrected chi connectivity index (χ1v) is 6.52. The highest BCUT2D eigenvalue weighted by Gasteiger charge is 2.31. The van der Waals surface area contributed by atoms with Crippen LogP contribution in [0.25, 0.3) is 11.1 Å². The highest BCUT2D eigenvalue weighted by molar-refractivity contribution is 9.10. The van der Waals surface area contributed by atoms with Crippen LogP contribution < -0.4 is 10.5 Å². The zero-order valence-electron chi connectivity index (χ0n) is 10.2. The summed E-state index contributed by atoms with van der Waals surface area (Å²) in [6.07, 6.45) is -4.70. The Morgan fingerprint density at radius 2 is 1.80 bits per heavy atom. The van der Waals surface area contributed by atoms with Crippen LogP contribution in [0.15, 0.2) is 46.9 Å². The van der Waals surface area contributed by atoms with Gasteiger partial charge in [0.1, 0.15) is 5.75 Å². The summed E-state index contributed by atoms with van der Waals surface area (Å²) in [5.41, 5.74) is 7.87. The maximum atomic E-state index is 12.2. The molecule has 0 aliphatic rings. The Morgan fingerprint density at radius 3 is 2.45 bits per heavy atom. The van der Waals surface area contributed by atoms with Crippen molar-refractivity contribution in [3.63, 3.8) is 0 Å². The van der Waals surface area contributed by atoms with Gasteiger partial charge in [-0.25, -0.2) is 0 Å². The molecule has 2 aromatic rings. The summed E-state index contributed by atoms with van der Waals surface area (Å²) < 4.78 is 41.4. The fourth-order valence-corrected chi connectivity index (χ4v) is 2.35. The van der Waals surface area contributed by atoms with Gasteiger partial charge in [0.15, 0.2) is 0 Å². The average Bonchev–Trinajstić information content (AvgIpc) is 2.36. The maximum absolute atomic E-state index is 12.2. The van der Waals surface area contributed by atoms with Crippen molar-refractivity contribution in [3.8, 4) is 16.9 Å². The number of hydrogen-bond donors (Lipinski definition) is 1. The Hall–Kier alpha value is -1.53. The third kappa shape index (κ3) is 3.98. The summed E-state index contributed by atoms with van der Waals surface area (Å²) in [4.78, 5) is 0. The number of ether oxygens (including phenoxy) is 1. The largest absolute Gasteiger partial charge is 0.573 e. The van der Waals surface area contributed by atoms with Gasteiger partial charge in [0.05, 0.1) is 0 Å². The van der Waals surface area contributed by atoms with Gasteiger partial charge in [-0.15, -0.1) is 13.2 Å². The van der Waals surface area contributed by atoms with E-state index < -0.39 is 6.36 Å². The van der Waals surface area contributed by atoms with Crippen molar-refractivity contribution in [2.75, 3.05) is 0 Å². The van der Waals surface area contributed by atoms with Crippen LogP contribution in [-0.2, 0) is 6.54 Å². The van der Waals surface area contributed by atoms with Gasteiger partial charge in [0.2, 0.25) is 0 Å². The van der Waals surface area contributed by atoms with E-state index in [1.807, 2.05) is 18.2 Å². The molecule has 0 aliphatic carbocycles. The summed E-state index contributed by atoms with van der Waals surface area (Å²) in [6, 6.07) is 11.3. The molecule has 0 heterocycles. The minimum absolute atomic E-state index is 0.246. The summed E-state index contributed by atoms with van der Waals surface area (Å²) in [6.45, 7) is 0.352. The SMILES string of the molecule is NCc1cc(Br)cc(-c2cccc(OC(F)(F)F)c2)c1. The molecule has 2 nitrogen and oxygen atoms in total. The molecule has 0 amide bonds. The van der Waals surface area contributed by atoms with Gasteiger partial charge in [-0.1, -0.05) is 28.1 Å². The lowest BCUT2D eigenvalue weighted by Crippen LogP contribution is -2.17. The molecule has 0 spiro atoms. The number of nitrogens with two attached hydrogens (primary N) is 1. The van der Waals surface area contributed by atoms with Crippen LogP contribution in [-0.4, -0.2) is 6.36 Å². The second-order valence-corrected chi connectivity index (χ2v) is 5.04. The summed E-state index contributed by atoms with van der Waals surface area (Å²) >= 11 is 3.35. The van der Waals surface area contributed by atoms with Crippen LogP contribution in [0.5, 0.6) is 5.75 Å². The number of alkyl halides is 3. The van der Waals surface area contributed by atoms with Crippen LogP contribution in [0.4, 0.5) is 13.2 Å². The van der Waals surface area contributed by atoms with E-state index in [1.54, 1.807) is 6.07 Å². The van der Waals surface area contributed by atoms with Crippen LogP contribution in [0, 0.1) is 0 Å². The molecule has 0 atom stereocenters. The quantitative estimate of drug-likeness (QED) is 0.890. The molecule has 0 radical (unpaired) electrons. The molecule has 2 aromatic carbocycles. The van der Waals surface area contributed by atoms with Gasteiger partial charge in [-0.05, 0) is 47.0 Å². The van der Waals surface area contributed by atoms with E-state index in [9.17, 15) is 13.2 Å². The Balaban J connectivity index is 2.38. The van der Waals surface area contributed by atoms with Gasteiger partial charge in [-0.2, -0.15) is 0 Å². The van der Waals surface area contributed by atoms with Gasteiger partial charge in [0, 0.05) is 11.0 Å². The first-order chi connectivity index (χ1) is 9.37. The Morgan fingerprint density at radius 1 is 1.05 bits per heavy atom. The predicted molar refractivity (Wildman–Crippen MR) is 74.2 cm³/mol. The normalized spacial score (nSPS) is 11.4. The minimum atomic E-state index is -4.70. The van der Waals surface area contributed by atoms with Gasteiger partial charge in [-0.3, -0.25) is 0 Å². The zero-order valence-corrected chi connectivity index (χ0v) is 11.8. The van der Waals surface area contributed by atoms with E-state index in [1.165, 1.54) is 18.2 Å².